The summed E-state index contributed by atoms with van der Waals surface area (Å²) in [6.45, 7) is 8.29. The lowest BCUT2D eigenvalue weighted by molar-refractivity contribution is 0.192. The fourth-order valence-electron chi connectivity index (χ4n) is 3.67. The van der Waals surface area contributed by atoms with E-state index < -0.39 is 0 Å². The van der Waals surface area contributed by atoms with Gasteiger partial charge in [0.05, 0.1) is 13.1 Å². The number of methoxy groups -OCH3 is 1. The van der Waals surface area contributed by atoms with Crippen LogP contribution in [0.1, 0.15) is 94.9 Å². The fraction of sp³-hybridized carbons (Fsp3) is 0.833. The highest BCUT2D eigenvalue weighted by atomic mass is 16.5. The molecule has 0 aliphatic heterocycles. The zero-order valence-corrected chi connectivity index (χ0v) is 18.9. The van der Waals surface area contributed by atoms with Crippen LogP contribution in [0.15, 0.2) is 22.4 Å². The molecule has 28 heavy (non-hydrogen) atoms. The monoisotopic (exact) mass is 391 g/mol. The smallest absolute Gasteiger partial charge is 0.0598 e. The van der Waals surface area contributed by atoms with E-state index in [0.29, 0.717) is 0 Å². The molecule has 0 fully saturated rings. The number of hydrogen-bond donors (Lipinski definition) is 0. The predicted molar refractivity (Wildman–Crippen MR) is 120 cm³/mol. The van der Waals surface area contributed by atoms with E-state index in [1.807, 2.05) is 0 Å². The van der Waals surface area contributed by atoms with Crippen LogP contribution in [0, 0.1) is 13.8 Å². The van der Waals surface area contributed by atoms with Crippen LogP contribution in [0.2, 0.25) is 0 Å². The van der Waals surface area contributed by atoms with E-state index in [2.05, 4.69) is 40.8 Å². The maximum Gasteiger partial charge on any atom is 0.0598 e. The van der Waals surface area contributed by atoms with E-state index in [1.54, 1.807) is 7.11 Å². The van der Waals surface area contributed by atoms with Crippen LogP contribution in [-0.4, -0.2) is 31.4 Å². The number of aryl methyl sites for hydroxylation is 2. The molecule has 1 aromatic heterocycles. The lowest BCUT2D eigenvalue weighted by atomic mass is 10.1. The quantitative estimate of drug-likeness (QED) is 0.180. The minimum Gasteiger partial charge on any atom is -0.385 e. The molecule has 0 aromatic carbocycles. The third-order valence-corrected chi connectivity index (χ3v) is 5.51. The Bertz CT molecular complexity index is 477. The Morgan fingerprint density at radius 2 is 1.07 bits per heavy atom. The van der Waals surface area contributed by atoms with Crippen molar-refractivity contribution < 1.29 is 4.74 Å². The van der Waals surface area contributed by atoms with E-state index in [-0.39, 0.29) is 0 Å². The van der Waals surface area contributed by atoms with E-state index in [9.17, 15) is 0 Å². The molecule has 1 heterocycles. The molecule has 0 amide bonds. The number of nitrogens with zero attached hydrogens (tertiary/aromatic N) is 3. The van der Waals surface area contributed by atoms with Gasteiger partial charge >= 0.3 is 0 Å². The van der Waals surface area contributed by atoms with Crippen LogP contribution in [0.25, 0.3) is 0 Å². The predicted octanol–water partition coefficient (Wildman–Crippen LogP) is 7.27. The fourth-order valence-corrected chi connectivity index (χ4v) is 3.67. The Morgan fingerprint density at radius 1 is 0.643 bits per heavy atom. The first-order chi connectivity index (χ1) is 13.8. The number of hydrogen-bond acceptors (Lipinski definition) is 3. The lowest BCUT2D eigenvalue weighted by Crippen LogP contribution is -2.02. The molecule has 4 heteroatoms. The summed E-state index contributed by atoms with van der Waals surface area (Å²) in [7, 11) is 1.79. The van der Waals surface area contributed by atoms with E-state index in [1.165, 1.54) is 94.9 Å². The largest absolute Gasteiger partial charge is 0.385 e. The molecule has 0 unspecified atom stereocenters. The maximum absolute atomic E-state index is 5.07. The molecule has 0 saturated heterocycles. The average Bonchev–Trinajstić information content (AvgIpc) is 3.01. The summed E-state index contributed by atoms with van der Waals surface area (Å²) in [5.74, 6) is 0. The van der Waals surface area contributed by atoms with Gasteiger partial charge in [0.2, 0.25) is 0 Å². The first kappa shape index (κ1) is 24.9. The highest BCUT2D eigenvalue weighted by Crippen LogP contribution is 2.11. The molecule has 162 valence electrons. The number of unbranched alkanes of at least 4 members (excludes halogenated alkanes) is 11. The van der Waals surface area contributed by atoms with Crippen molar-refractivity contribution in [3.05, 3.63) is 23.5 Å². The average molecular weight is 392 g/mol. The molecular weight excluding hydrogens is 346 g/mol. The van der Waals surface area contributed by atoms with Crippen molar-refractivity contribution in [2.45, 2.75) is 104 Å². The van der Waals surface area contributed by atoms with Crippen LogP contribution in [0.3, 0.4) is 0 Å². The number of aromatic nitrogens is 1. The van der Waals surface area contributed by atoms with E-state index >= 15 is 0 Å². The summed E-state index contributed by atoms with van der Waals surface area (Å²) in [6, 6.07) is 4.42. The van der Waals surface area contributed by atoms with Crippen molar-refractivity contribution in [3.8, 4) is 0 Å². The molecule has 0 bridgehead atoms. The van der Waals surface area contributed by atoms with Gasteiger partial charge in [-0.2, -0.15) is 10.2 Å². The number of rotatable bonds is 19. The third kappa shape index (κ3) is 13.1. The summed E-state index contributed by atoms with van der Waals surface area (Å²) >= 11 is 0. The van der Waals surface area contributed by atoms with Gasteiger partial charge in [0.1, 0.15) is 0 Å². The molecule has 1 aromatic rings. The summed E-state index contributed by atoms with van der Waals surface area (Å²) in [5.41, 5.74) is 2.76. The van der Waals surface area contributed by atoms with Crippen LogP contribution >= 0.6 is 0 Å². The first-order valence-corrected chi connectivity index (χ1v) is 11.7. The number of ether oxygens (including phenoxy) is 1. The van der Waals surface area contributed by atoms with Crippen LogP contribution < -0.4 is 0 Å². The second kappa shape index (κ2) is 17.9. The standard InChI is InChI=1S/C24H45N3O/c1-23-17-18-24(2)27(23)21-15-11-10-14-20-26-25-19-13-9-7-5-4-6-8-12-16-22-28-3/h17-18H,4-16,19-22H2,1-3H3. The van der Waals surface area contributed by atoms with Crippen LogP contribution in [0.4, 0.5) is 0 Å². The number of azo groups is 1. The Labute approximate surface area is 174 Å². The van der Waals surface area contributed by atoms with Crippen molar-refractivity contribution in [2.24, 2.45) is 10.2 Å². The summed E-state index contributed by atoms with van der Waals surface area (Å²) in [6.07, 6.45) is 16.9. The Balaban J connectivity index is 1.78. The molecule has 1 rings (SSSR count). The SMILES string of the molecule is COCCCCCCCCCCCN=NCCCCCCn1c(C)ccc1C. The topological polar surface area (TPSA) is 38.9 Å². The van der Waals surface area contributed by atoms with Crippen molar-refractivity contribution >= 4 is 0 Å². The van der Waals surface area contributed by atoms with E-state index in [4.69, 9.17) is 4.74 Å². The van der Waals surface area contributed by atoms with Crippen LogP contribution in [-0.2, 0) is 11.3 Å². The molecule has 0 saturated carbocycles. The van der Waals surface area contributed by atoms with Gasteiger partial charge in [-0.3, -0.25) is 0 Å². The molecule has 4 nitrogen and oxygen atoms in total. The molecule has 0 radical (unpaired) electrons. The first-order valence-electron chi connectivity index (χ1n) is 11.7. The van der Waals surface area contributed by atoms with Gasteiger partial charge in [-0.05, 0) is 51.7 Å². The van der Waals surface area contributed by atoms with Crippen molar-refractivity contribution in [3.63, 3.8) is 0 Å². The van der Waals surface area contributed by atoms with Crippen molar-refractivity contribution in [1.82, 2.24) is 4.57 Å². The van der Waals surface area contributed by atoms with Crippen LogP contribution in [0.5, 0.6) is 0 Å². The molecular formula is C24H45N3O. The Kier molecular flexibility index (Phi) is 15.9. The maximum atomic E-state index is 5.07. The van der Waals surface area contributed by atoms with Crippen molar-refractivity contribution in [2.75, 3.05) is 26.8 Å². The highest BCUT2D eigenvalue weighted by Gasteiger charge is 2.00. The van der Waals surface area contributed by atoms with Gasteiger partial charge in [0.15, 0.2) is 0 Å². The highest BCUT2D eigenvalue weighted by molar-refractivity contribution is 5.13. The Hall–Kier alpha value is -1.16. The molecule has 0 aliphatic carbocycles. The molecule has 0 atom stereocenters. The summed E-state index contributed by atoms with van der Waals surface area (Å²) in [4.78, 5) is 0. The zero-order chi connectivity index (χ0) is 20.3. The second-order valence-corrected chi connectivity index (χ2v) is 8.09. The van der Waals surface area contributed by atoms with Crippen molar-refractivity contribution in [1.29, 1.82) is 0 Å². The minimum atomic E-state index is 0.907. The second-order valence-electron chi connectivity index (χ2n) is 8.09. The third-order valence-electron chi connectivity index (χ3n) is 5.51. The van der Waals surface area contributed by atoms with Gasteiger partial charge in [0, 0.05) is 31.6 Å². The van der Waals surface area contributed by atoms with Gasteiger partial charge in [-0.15, -0.1) is 0 Å². The van der Waals surface area contributed by atoms with Gasteiger partial charge in [-0.1, -0.05) is 57.8 Å². The van der Waals surface area contributed by atoms with Gasteiger partial charge in [-0.25, -0.2) is 0 Å². The minimum absolute atomic E-state index is 0.907. The normalized spacial score (nSPS) is 11.7. The van der Waals surface area contributed by atoms with Gasteiger partial charge < -0.3 is 9.30 Å². The van der Waals surface area contributed by atoms with E-state index in [0.717, 1.165) is 26.2 Å². The zero-order valence-electron chi connectivity index (χ0n) is 18.9. The Morgan fingerprint density at radius 3 is 1.57 bits per heavy atom. The summed E-state index contributed by atoms with van der Waals surface area (Å²) in [5, 5.41) is 8.68. The molecule has 0 N–H and O–H groups in total. The molecule has 0 aliphatic rings. The summed E-state index contributed by atoms with van der Waals surface area (Å²) < 4.78 is 7.49. The lowest BCUT2D eigenvalue weighted by Gasteiger charge is -2.08. The molecule has 0 spiro atoms. The van der Waals surface area contributed by atoms with Gasteiger partial charge in [0.25, 0.3) is 0 Å².